The van der Waals surface area contributed by atoms with E-state index in [1.165, 1.54) is 5.69 Å². The number of hydrogen-bond donors (Lipinski definition) is 1. The SMILES string of the molecule is CCn1nc(C(=O)N(C)Cc2ccoc2)c2c1CCC(NCC(C)C)C2. The topological polar surface area (TPSA) is 63.3 Å². The van der Waals surface area contributed by atoms with Crippen molar-refractivity contribution in [1.82, 2.24) is 20.0 Å². The zero-order chi connectivity index (χ0) is 18.7. The molecule has 6 heteroatoms. The molecular formula is C20H30N4O2. The van der Waals surface area contributed by atoms with E-state index in [9.17, 15) is 4.79 Å². The molecule has 1 aliphatic carbocycles. The zero-order valence-corrected chi connectivity index (χ0v) is 16.3. The van der Waals surface area contributed by atoms with Crippen LogP contribution in [0.4, 0.5) is 0 Å². The Bertz CT molecular complexity index is 733. The molecule has 1 amide bonds. The lowest BCUT2D eigenvalue weighted by molar-refractivity contribution is 0.0777. The Balaban J connectivity index is 1.79. The van der Waals surface area contributed by atoms with Gasteiger partial charge in [-0.15, -0.1) is 0 Å². The molecule has 0 aromatic carbocycles. The molecular weight excluding hydrogens is 328 g/mol. The molecule has 0 radical (unpaired) electrons. The van der Waals surface area contributed by atoms with Crippen molar-refractivity contribution in [3.05, 3.63) is 41.1 Å². The molecule has 142 valence electrons. The van der Waals surface area contributed by atoms with Crippen LogP contribution in [-0.2, 0) is 25.9 Å². The van der Waals surface area contributed by atoms with Gasteiger partial charge in [0, 0.05) is 43.0 Å². The first-order valence-electron chi connectivity index (χ1n) is 9.58. The molecule has 0 spiro atoms. The van der Waals surface area contributed by atoms with Gasteiger partial charge < -0.3 is 14.6 Å². The first-order valence-corrected chi connectivity index (χ1v) is 9.58. The van der Waals surface area contributed by atoms with Gasteiger partial charge in [0.1, 0.15) is 0 Å². The Kier molecular flexibility index (Phi) is 5.81. The fourth-order valence-electron chi connectivity index (χ4n) is 3.61. The molecule has 0 saturated carbocycles. The Morgan fingerprint density at radius 2 is 2.31 bits per heavy atom. The maximum atomic E-state index is 13.0. The fourth-order valence-corrected chi connectivity index (χ4v) is 3.61. The van der Waals surface area contributed by atoms with Crippen molar-refractivity contribution in [1.29, 1.82) is 0 Å². The molecule has 0 aliphatic heterocycles. The highest BCUT2D eigenvalue weighted by Crippen LogP contribution is 2.26. The molecule has 0 fully saturated rings. The number of aryl methyl sites for hydroxylation is 1. The minimum Gasteiger partial charge on any atom is -0.472 e. The lowest BCUT2D eigenvalue weighted by Gasteiger charge is -2.25. The van der Waals surface area contributed by atoms with E-state index < -0.39 is 0 Å². The zero-order valence-electron chi connectivity index (χ0n) is 16.3. The summed E-state index contributed by atoms with van der Waals surface area (Å²) in [6.07, 6.45) is 6.26. The molecule has 2 aromatic rings. The Morgan fingerprint density at radius 1 is 1.50 bits per heavy atom. The first-order chi connectivity index (χ1) is 12.5. The van der Waals surface area contributed by atoms with Gasteiger partial charge in [-0.1, -0.05) is 13.8 Å². The maximum Gasteiger partial charge on any atom is 0.274 e. The van der Waals surface area contributed by atoms with Crippen molar-refractivity contribution in [2.24, 2.45) is 5.92 Å². The summed E-state index contributed by atoms with van der Waals surface area (Å²) in [6, 6.07) is 2.31. The van der Waals surface area contributed by atoms with Crippen LogP contribution in [0.15, 0.2) is 23.0 Å². The molecule has 1 atom stereocenters. The van der Waals surface area contributed by atoms with Gasteiger partial charge in [0.05, 0.1) is 12.5 Å². The Morgan fingerprint density at radius 3 is 2.96 bits per heavy atom. The quantitative estimate of drug-likeness (QED) is 0.827. The second kappa shape index (κ2) is 8.08. The number of carbonyl (C=O) groups is 1. The Hall–Kier alpha value is -2.08. The van der Waals surface area contributed by atoms with Gasteiger partial charge in [-0.3, -0.25) is 9.48 Å². The highest BCUT2D eigenvalue weighted by Gasteiger charge is 2.30. The summed E-state index contributed by atoms with van der Waals surface area (Å²) in [5.41, 5.74) is 3.96. The molecule has 0 saturated heterocycles. The average Bonchev–Trinajstić information content (AvgIpc) is 3.26. The van der Waals surface area contributed by atoms with Crippen LogP contribution in [0.2, 0.25) is 0 Å². The van der Waals surface area contributed by atoms with Crippen LogP contribution >= 0.6 is 0 Å². The number of nitrogens with zero attached hydrogens (tertiary/aromatic N) is 3. The minimum absolute atomic E-state index is 0.0147. The molecule has 3 rings (SSSR count). The summed E-state index contributed by atoms with van der Waals surface area (Å²) in [4.78, 5) is 14.8. The summed E-state index contributed by atoms with van der Waals surface area (Å²) in [5, 5.41) is 8.31. The number of fused-ring (bicyclic) bond motifs is 1. The summed E-state index contributed by atoms with van der Waals surface area (Å²) in [7, 11) is 1.82. The van der Waals surface area contributed by atoms with E-state index in [2.05, 4.69) is 31.2 Å². The van der Waals surface area contributed by atoms with Crippen LogP contribution in [0.25, 0.3) is 0 Å². The predicted octanol–water partition coefficient (Wildman–Crippen LogP) is 2.87. The van der Waals surface area contributed by atoms with E-state index in [1.807, 2.05) is 17.8 Å². The third kappa shape index (κ3) is 4.01. The normalized spacial score (nSPS) is 16.7. The lowest BCUT2D eigenvalue weighted by Crippen LogP contribution is -2.37. The molecule has 2 heterocycles. The fraction of sp³-hybridized carbons (Fsp3) is 0.600. The van der Waals surface area contributed by atoms with Crippen LogP contribution in [0, 0.1) is 5.92 Å². The van der Waals surface area contributed by atoms with E-state index >= 15 is 0 Å². The van der Waals surface area contributed by atoms with E-state index in [4.69, 9.17) is 4.42 Å². The van der Waals surface area contributed by atoms with E-state index in [1.54, 1.807) is 17.4 Å². The van der Waals surface area contributed by atoms with Gasteiger partial charge in [-0.2, -0.15) is 5.10 Å². The molecule has 1 aliphatic rings. The molecule has 1 N–H and O–H groups in total. The standard InChI is InChI=1S/C20H30N4O2/c1-5-24-18-7-6-16(21-11-14(2)3)10-17(18)19(22-24)20(25)23(4)12-15-8-9-26-13-15/h8-9,13-14,16,21H,5-7,10-12H2,1-4H3. The highest BCUT2D eigenvalue weighted by molar-refractivity contribution is 5.94. The first kappa shape index (κ1) is 18.7. The molecule has 0 bridgehead atoms. The van der Waals surface area contributed by atoms with Crippen LogP contribution in [0.3, 0.4) is 0 Å². The van der Waals surface area contributed by atoms with Gasteiger partial charge in [0.25, 0.3) is 5.91 Å². The van der Waals surface area contributed by atoms with Crippen LogP contribution in [0.1, 0.15) is 54.5 Å². The van der Waals surface area contributed by atoms with Crippen LogP contribution in [0.5, 0.6) is 0 Å². The second-order valence-electron chi connectivity index (χ2n) is 7.62. The average molecular weight is 358 g/mol. The van der Waals surface area contributed by atoms with Crippen molar-refractivity contribution in [2.75, 3.05) is 13.6 Å². The smallest absolute Gasteiger partial charge is 0.274 e. The number of furan rings is 1. The van der Waals surface area contributed by atoms with Crippen molar-refractivity contribution < 1.29 is 9.21 Å². The summed E-state index contributed by atoms with van der Waals surface area (Å²) >= 11 is 0. The third-order valence-electron chi connectivity index (χ3n) is 5.01. The van der Waals surface area contributed by atoms with E-state index in [0.717, 1.165) is 43.5 Å². The monoisotopic (exact) mass is 358 g/mol. The van der Waals surface area contributed by atoms with Gasteiger partial charge in [0.15, 0.2) is 5.69 Å². The van der Waals surface area contributed by atoms with Gasteiger partial charge in [0.2, 0.25) is 0 Å². The number of aromatic nitrogens is 2. The minimum atomic E-state index is -0.0147. The summed E-state index contributed by atoms with van der Waals surface area (Å²) in [5.74, 6) is 0.608. The number of rotatable bonds is 7. The van der Waals surface area contributed by atoms with Gasteiger partial charge >= 0.3 is 0 Å². The molecule has 6 nitrogen and oxygen atoms in total. The van der Waals surface area contributed by atoms with Crippen molar-refractivity contribution in [3.63, 3.8) is 0 Å². The van der Waals surface area contributed by atoms with Crippen molar-refractivity contribution in [2.45, 2.75) is 59.2 Å². The predicted molar refractivity (Wildman–Crippen MR) is 101 cm³/mol. The van der Waals surface area contributed by atoms with Crippen LogP contribution in [-0.4, -0.2) is 40.2 Å². The molecule has 2 aromatic heterocycles. The number of hydrogen-bond acceptors (Lipinski definition) is 4. The number of carbonyl (C=O) groups excluding carboxylic acids is 1. The van der Waals surface area contributed by atoms with Gasteiger partial charge in [-0.05, 0) is 44.7 Å². The van der Waals surface area contributed by atoms with Gasteiger partial charge in [-0.25, -0.2) is 0 Å². The summed E-state index contributed by atoms with van der Waals surface area (Å²) < 4.78 is 7.11. The largest absolute Gasteiger partial charge is 0.472 e. The van der Waals surface area contributed by atoms with E-state index in [-0.39, 0.29) is 5.91 Å². The highest BCUT2D eigenvalue weighted by atomic mass is 16.3. The third-order valence-corrected chi connectivity index (χ3v) is 5.01. The van der Waals surface area contributed by atoms with Crippen molar-refractivity contribution >= 4 is 5.91 Å². The maximum absolute atomic E-state index is 13.0. The lowest BCUT2D eigenvalue weighted by atomic mass is 9.90. The molecule has 26 heavy (non-hydrogen) atoms. The summed E-state index contributed by atoms with van der Waals surface area (Å²) in [6.45, 7) is 8.85. The van der Waals surface area contributed by atoms with E-state index in [0.29, 0.717) is 24.2 Å². The number of nitrogens with one attached hydrogen (secondary N) is 1. The van der Waals surface area contributed by atoms with Crippen LogP contribution < -0.4 is 5.32 Å². The second-order valence-corrected chi connectivity index (χ2v) is 7.62. The van der Waals surface area contributed by atoms with Crippen molar-refractivity contribution in [3.8, 4) is 0 Å². The number of amides is 1. The molecule has 1 unspecified atom stereocenters. The Labute approximate surface area is 155 Å².